The first-order valence-corrected chi connectivity index (χ1v) is 4.08. The van der Waals surface area contributed by atoms with Crippen LogP contribution in [0.25, 0.3) is 0 Å². The van der Waals surface area contributed by atoms with Crippen LogP contribution >= 0.6 is 12.4 Å². The minimum atomic E-state index is -0.804. The van der Waals surface area contributed by atoms with Crippen LogP contribution < -0.4 is 0 Å². The van der Waals surface area contributed by atoms with Gasteiger partial charge in [0.25, 0.3) is 0 Å². The molecule has 0 aromatic rings. The summed E-state index contributed by atoms with van der Waals surface area (Å²) in [5.74, 6) is -0.804. The third-order valence-corrected chi connectivity index (χ3v) is 1.60. The zero-order valence-electron chi connectivity index (χ0n) is 7.67. The van der Waals surface area contributed by atoms with E-state index in [4.69, 9.17) is 5.11 Å². The fourth-order valence-corrected chi connectivity index (χ4v) is 0.800. The van der Waals surface area contributed by atoms with Crippen LogP contribution in [0.15, 0.2) is 11.6 Å². The molecule has 0 aromatic heterocycles. The topological polar surface area (TPSA) is 37.3 Å². The molecular formula is C9H17ClO2. The van der Waals surface area contributed by atoms with Crippen LogP contribution in [-0.2, 0) is 4.79 Å². The Hall–Kier alpha value is -0.500. The van der Waals surface area contributed by atoms with Gasteiger partial charge in [0.1, 0.15) is 0 Å². The normalized spacial score (nSPS) is 10.7. The first-order valence-electron chi connectivity index (χ1n) is 4.08. The minimum Gasteiger partial charge on any atom is -0.478 e. The summed E-state index contributed by atoms with van der Waals surface area (Å²) >= 11 is 0. The Kier molecular flexibility index (Phi) is 10.1. The van der Waals surface area contributed by atoms with Gasteiger partial charge < -0.3 is 5.11 Å². The van der Waals surface area contributed by atoms with Crippen LogP contribution in [0.1, 0.15) is 39.5 Å². The highest BCUT2D eigenvalue weighted by Crippen LogP contribution is 2.02. The first kappa shape index (κ1) is 14.0. The lowest BCUT2D eigenvalue weighted by Crippen LogP contribution is -1.95. The molecule has 0 unspecified atom stereocenters. The van der Waals surface area contributed by atoms with Crippen LogP contribution in [0.2, 0.25) is 0 Å². The van der Waals surface area contributed by atoms with Crippen molar-refractivity contribution in [2.45, 2.75) is 39.5 Å². The third kappa shape index (κ3) is 7.61. The smallest absolute Gasteiger partial charge is 0.330 e. The van der Waals surface area contributed by atoms with Gasteiger partial charge in [-0.2, -0.15) is 0 Å². The number of halogens is 1. The zero-order valence-corrected chi connectivity index (χ0v) is 8.49. The molecule has 0 aromatic carbocycles. The van der Waals surface area contributed by atoms with Crippen LogP contribution in [-0.4, -0.2) is 11.1 Å². The molecule has 0 saturated carbocycles. The standard InChI is InChI=1S/C9H16O2.ClH/c1-3-4-5-6-7-8(2)9(10)11;/h7H,3-6H2,1-2H3,(H,10,11);1H/b8-7-;. The van der Waals surface area contributed by atoms with Crippen LogP contribution in [0.5, 0.6) is 0 Å². The van der Waals surface area contributed by atoms with Gasteiger partial charge in [0.15, 0.2) is 0 Å². The molecule has 0 aliphatic heterocycles. The van der Waals surface area contributed by atoms with Crippen molar-refractivity contribution in [3.8, 4) is 0 Å². The Morgan fingerprint density at radius 3 is 2.42 bits per heavy atom. The largest absolute Gasteiger partial charge is 0.478 e. The predicted molar refractivity (Wildman–Crippen MR) is 52.8 cm³/mol. The lowest BCUT2D eigenvalue weighted by molar-refractivity contribution is -0.132. The van der Waals surface area contributed by atoms with Gasteiger partial charge in [-0.15, -0.1) is 12.4 Å². The fraction of sp³-hybridized carbons (Fsp3) is 0.667. The van der Waals surface area contributed by atoms with Crippen LogP contribution in [0.4, 0.5) is 0 Å². The van der Waals surface area contributed by atoms with E-state index in [9.17, 15) is 4.79 Å². The van der Waals surface area contributed by atoms with Crippen molar-refractivity contribution in [1.82, 2.24) is 0 Å². The Balaban J connectivity index is 0. The molecule has 3 heteroatoms. The highest BCUT2D eigenvalue weighted by atomic mass is 35.5. The number of rotatable bonds is 5. The number of aliphatic carboxylic acids is 1. The summed E-state index contributed by atoms with van der Waals surface area (Å²) in [4.78, 5) is 10.3. The van der Waals surface area contributed by atoms with Crippen LogP contribution in [0, 0.1) is 0 Å². The first-order chi connectivity index (χ1) is 5.18. The SMILES string of the molecule is CCCCC/C=C(/C)C(=O)O.Cl. The molecule has 72 valence electrons. The van der Waals surface area contributed by atoms with E-state index in [0.29, 0.717) is 5.57 Å². The van der Waals surface area contributed by atoms with E-state index in [1.165, 1.54) is 12.8 Å². The number of unbranched alkanes of at least 4 members (excludes halogenated alkanes) is 3. The molecule has 0 fully saturated rings. The van der Waals surface area contributed by atoms with Gasteiger partial charge in [0, 0.05) is 5.57 Å². The third-order valence-electron chi connectivity index (χ3n) is 1.60. The average Bonchev–Trinajstić information content (AvgIpc) is 1.97. The second-order valence-corrected chi connectivity index (χ2v) is 2.69. The average molecular weight is 193 g/mol. The van der Waals surface area contributed by atoms with E-state index >= 15 is 0 Å². The van der Waals surface area contributed by atoms with E-state index in [-0.39, 0.29) is 12.4 Å². The maximum absolute atomic E-state index is 10.3. The maximum atomic E-state index is 10.3. The van der Waals surface area contributed by atoms with Gasteiger partial charge in [0.05, 0.1) is 0 Å². The van der Waals surface area contributed by atoms with Crippen molar-refractivity contribution in [3.05, 3.63) is 11.6 Å². The molecule has 0 spiro atoms. The number of hydrogen-bond acceptors (Lipinski definition) is 1. The number of carbonyl (C=O) groups is 1. The van der Waals surface area contributed by atoms with Crippen molar-refractivity contribution in [1.29, 1.82) is 0 Å². The molecule has 0 atom stereocenters. The Labute approximate surface area is 80.1 Å². The minimum absolute atomic E-state index is 0. The second-order valence-electron chi connectivity index (χ2n) is 2.69. The summed E-state index contributed by atoms with van der Waals surface area (Å²) in [5.41, 5.74) is 0.459. The van der Waals surface area contributed by atoms with Gasteiger partial charge in [-0.3, -0.25) is 0 Å². The molecule has 0 rings (SSSR count). The van der Waals surface area contributed by atoms with Gasteiger partial charge in [0.2, 0.25) is 0 Å². The van der Waals surface area contributed by atoms with Crippen molar-refractivity contribution in [2.75, 3.05) is 0 Å². The molecule has 0 amide bonds. The highest BCUT2D eigenvalue weighted by Gasteiger charge is 1.96. The Morgan fingerprint density at radius 2 is 2.00 bits per heavy atom. The molecule has 1 N–H and O–H groups in total. The summed E-state index contributed by atoms with van der Waals surface area (Å²) in [5, 5.41) is 8.47. The molecule has 12 heavy (non-hydrogen) atoms. The molecule has 0 heterocycles. The van der Waals surface area contributed by atoms with Gasteiger partial charge in [-0.05, 0) is 19.8 Å². The van der Waals surface area contributed by atoms with E-state index in [0.717, 1.165) is 12.8 Å². The van der Waals surface area contributed by atoms with Crippen molar-refractivity contribution in [3.63, 3.8) is 0 Å². The zero-order chi connectivity index (χ0) is 8.69. The van der Waals surface area contributed by atoms with Crippen molar-refractivity contribution >= 4 is 18.4 Å². The predicted octanol–water partition coefficient (Wildman–Crippen LogP) is 3.02. The molecular weight excluding hydrogens is 176 g/mol. The quantitative estimate of drug-likeness (QED) is 0.537. The van der Waals surface area contributed by atoms with E-state index < -0.39 is 5.97 Å². The Morgan fingerprint density at radius 1 is 1.42 bits per heavy atom. The van der Waals surface area contributed by atoms with Crippen LogP contribution in [0.3, 0.4) is 0 Å². The van der Waals surface area contributed by atoms with Crippen molar-refractivity contribution < 1.29 is 9.90 Å². The molecule has 0 saturated heterocycles. The summed E-state index contributed by atoms with van der Waals surface area (Å²) in [6.45, 7) is 3.77. The number of allylic oxidation sites excluding steroid dienone is 1. The number of carboxylic acid groups (broad SMARTS) is 1. The Bertz CT molecular complexity index is 153. The number of carboxylic acids is 1. The maximum Gasteiger partial charge on any atom is 0.330 e. The summed E-state index contributed by atoms with van der Waals surface area (Å²) in [6.07, 6.45) is 6.15. The van der Waals surface area contributed by atoms with Gasteiger partial charge in [-0.25, -0.2) is 4.79 Å². The van der Waals surface area contributed by atoms with E-state index in [1.807, 2.05) is 0 Å². The van der Waals surface area contributed by atoms with Gasteiger partial charge >= 0.3 is 5.97 Å². The second kappa shape index (κ2) is 8.60. The molecule has 2 nitrogen and oxygen atoms in total. The van der Waals surface area contributed by atoms with E-state index in [2.05, 4.69) is 6.92 Å². The lowest BCUT2D eigenvalue weighted by atomic mass is 10.1. The summed E-state index contributed by atoms with van der Waals surface area (Å²) in [7, 11) is 0. The molecule has 0 bridgehead atoms. The highest BCUT2D eigenvalue weighted by molar-refractivity contribution is 5.85. The van der Waals surface area contributed by atoms with E-state index in [1.54, 1.807) is 13.0 Å². The van der Waals surface area contributed by atoms with Crippen molar-refractivity contribution in [2.24, 2.45) is 0 Å². The van der Waals surface area contributed by atoms with Gasteiger partial charge in [-0.1, -0.05) is 25.8 Å². The molecule has 0 aliphatic rings. The molecule has 0 aliphatic carbocycles. The summed E-state index contributed by atoms with van der Waals surface area (Å²) in [6, 6.07) is 0. The summed E-state index contributed by atoms with van der Waals surface area (Å²) < 4.78 is 0. The lowest BCUT2D eigenvalue weighted by Gasteiger charge is -1.93. The monoisotopic (exact) mass is 192 g/mol. The molecule has 0 radical (unpaired) electrons. The number of hydrogen-bond donors (Lipinski definition) is 1. The fourth-order valence-electron chi connectivity index (χ4n) is 0.800.